The van der Waals surface area contributed by atoms with E-state index in [1.165, 1.54) is 5.56 Å². The topological polar surface area (TPSA) is 33.7 Å². The van der Waals surface area contributed by atoms with Gasteiger partial charge in [-0.25, -0.2) is 0 Å². The monoisotopic (exact) mass is 394 g/mol. The fourth-order valence-corrected chi connectivity index (χ4v) is 3.62. The molecule has 1 aliphatic rings. The van der Waals surface area contributed by atoms with Crippen molar-refractivity contribution in [3.63, 3.8) is 0 Å². The van der Waals surface area contributed by atoms with Crippen molar-refractivity contribution in [3.8, 4) is 11.5 Å². The van der Waals surface area contributed by atoms with Gasteiger partial charge in [-0.1, -0.05) is 36.4 Å². The van der Waals surface area contributed by atoms with Gasteiger partial charge in [0.1, 0.15) is 17.1 Å². The lowest BCUT2D eigenvalue weighted by atomic mass is 9.98. The van der Waals surface area contributed by atoms with Crippen LogP contribution in [-0.4, -0.2) is 37.9 Å². The number of fused-ring (bicyclic) bond motifs is 1. The summed E-state index contributed by atoms with van der Waals surface area (Å²) >= 11 is 0. The number of methoxy groups -OCH3 is 1. The molecule has 29 heavy (non-hydrogen) atoms. The summed E-state index contributed by atoms with van der Waals surface area (Å²) in [6.07, 6.45) is 6.51. The van der Waals surface area contributed by atoms with Crippen molar-refractivity contribution >= 4 is 6.08 Å². The van der Waals surface area contributed by atoms with Crippen LogP contribution in [0.15, 0.2) is 48.5 Å². The Balaban J connectivity index is 1.55. The van der Waals surface area contributed by atoms with Gasteiger partial charge in [-0.2, -0.15) is 0 Å². The smallest absolute Gasteiger partial charge is 0.131 e. The first-order valence-electron chi connectivity index (χ1n) is 10.4. The van der Waals surface area contributed by atoms with E-state index in [1.54, 1.807) is 7.11 Å². The zero-order valence-corrected chi connectivity index (χ0v) is 18.4. The predicted molar refractivity (Wildman–Crippen MR) is 121 cm³/mol. The Morgan fingerprint density at radius 2 is 1.93 bits per heavy atom. The minimum atomic E-state index is -0.286. The van der Waals surface area contributed by atoms with E-state index in [0.717, 1.165) is 48.7 Å². The van der Waals surface area contributed by atoms with E-state index < -0.39 is 0 Å². The maximum absolute atomic E-state index is 6.08. The van der Waals surface area contributed by atoms with Crippen molar-refractivity contribution in [3.05, 3.63) is 65.2 Å². The highest BCUT2D eigenvalue weighted by atomic mass is 16.5. The number of rotatable bonds is 9. The lowest BCUT2D eigenvalue weighted by Gasteiger charge is -2.29. The van der Waals surface area contributed by atoms with Crippen LogP contribution in [0.5, 0.6) is 11.5 Å². The van der Waals surface area contributed by atoms with Crippen molar-refractivity contribution in [1.29, 1.82) is 0 Å². The third-order valence-electron chi connectivity index (χ3n) is 5.38. The molecule has 0 radical (unpaired) electrons. The second kappa shape index (κ2) is 9.47. The van der Waals surface area contributed by atoms with Crippen molar-refractivity contribution in [2.75, 3.05) is 27.4 Å². The number of ether oxygens (including phenoxy) is 2. The van der Waals surface area contributed by atoms with E-state index in [4.69, 9.17) is 9.47 Å². The molecule has 0 spiro atoms. The number of hydrogen-bond acceptors (Lipinski definition) is 4. The summed E-state index contributed by atoms with van der Waals surface area (Å²) in [6.45, 7) is 8.19. The Morgan fingerprint density at radius 1 is 1.17 bits per heavy atom. The lowest BCUT2D eigenvalue weighted by molar-refractivity contribution is 0.158. The Labute approximate surface area is 175 Å². The standard InChI is InChI=1S/C25H34N2O2/c1-19(26-18-27(4)15-9-12-20-10-7-6-8-11-20)22-16-21-13-14-25(2,3)29-23(21)17-24(22)28-5/h6-8,10-11,13-14,16-17,19,26H,9,12,15,18H2,1-5H3. The van der Waals surface area contributed by atoms with Gasteiger partial charge in [-0.15, -0.1) is 0 Å². The molecule has 2 aromatic rings. The van der Waals surface area contributed by atoms with Gasteiger partial charge >= 0.3 is 0 Å². The van der Waals surface area contributed by atoms with Gasteiger partial charge in [0.15, 0.2) is 0 Å². The first-order chi connectivity index (χ1) is 13.9. The second-order valence-corrected chi connectivity index (χ2v) is 8.42. The number of benzene rings is 2. The summed E-state index contributed by atoms with van der Waals surface area (Å²) in [6, 6.07) is 15.0. The highest BCUT2D eigenvalue weighted by molar-refractivity contribution is 5.64. The van der Waals surface area contributed by atoms with Gasteiger partial charge in [-0.3, -0.25) is 10.2 Å². The van der Waals surface area contributed by atoms with Gasteiger partial charge in [0.05, 0.1) is 7.11 Å². The van der Waals surface area contributed by atoms with Crippen LogP contribution in [0, 0.1) is 0 Å². The molecule has 0 fully saturated rings. The molecule has 0 amide bonds. The summed E-state index contributed by atoms with van der Waals surface area (Å²) in [5, 5.41) is 3.63. The molecular formula is C25H34N2O2. The second-order valence-electron chi connectivity index (χ2n) is 8.42. The first-order valence-corrected chi connectivity index (χ1v) is 10.4. The van der Waals surface area contributed by atoms with E-state index in [1.807, 2.05) is 6.07 Å². The number of aryl methyl sites for hydroxylation is 1. The molecule has 0 aliphatic carbocycles. The van der Waals surface area contributed by atoms with Crippen LogP contribution in [0.2, 0.25) is 0 Å². The summed E-state index contributed by atoms with van der Waals surface area (Å²) in [5.41, 5.74) is 3.37. The Kier molecular flexibility index (Phi) is 6.99. The van der Waals surface area contributed by atoms with E-state index in [0.29, 0.717) is 0 Å². The minimum absolute atomic E-state index is 0.176. The zero-order chi connectivity index (χ0) is 20.9. The molecule has 0 aromatic heterocycles. The molecule has 1 N–H and O–H groups in total. The van der Waals surface area contributed by atoms with Crippen LogP contribution < -0.4 is 14.8 Å². The molecule has 0 saturated carbocycles. The summed E-state index contributed by atoms with van der Waals surface area (Å²) in [5.74, 6) is 1.74. The van der Waals surface area contributed by atoms with Crippen LogP contribution in [0.3, 0.4) is 0 Å². The molecule has 1 heterocycles. The highest BCUT2D eigenvalue weighted by Crippen LogP contribution is 2.38. The third-order valence-corrected chi connectivity index (χ3v) is 5.38. The molecule has 4 nitrogen and oxygen atoms in total. The van der Waals surface area contributed by atoms with E-state index in [-0.39, 0.29) is 11.6 Å². The van der Waals surface area contributed by atoms with Gasteiger partial charge in [-0.05, 0) is 64.9 Å². The average molecular weight is 395 g/mol. The summed E-state index contributed by atoms with van der Waals surface area (Å²) < 4.78 is 11.7. The van der Waals surface area contributed by atoms with Crippen LogP contribution in [0.25, 0.3) is 6.08 Å². The number of nitrogens with one attached hydrogen (secondary N) is 1. The Hall–Kier alpha value is -2.30. The minimum Gasteiger partial charge on any atom is -0.496 e. The van der Waals surface area contributed by atoms with Crippen LogP contribution >= 0.6 is 0 Å². The lowest BCUT2D eigenvalue weighted by Crippen LogP contribution is -2.34. The molecular weight excluding hydrogens is 360 g/mol. The molecule has 0 saturated heterocycles. The van der Waals surface area contributed by atoms with Gasteiger partial charge in [0.25, 0.3) is 0 Å². The van der Waals surface area contributed by atoms with Crippen LogP contribution in [0.1, 0.15) is 49.9 Å². The molecule has 4 heteroatoms. The zero-order valence-electron chi connectivity index (χ0n) is 18.4. The molecule has 2 aromatic carbocycles. The highest BCUT2D eigenvalue weighted by Gasteiger charge is 2.24. The van der Waals surface area contributed by atoms with Gasteiger partial charge in [0, 0.05) is 29.9 Å². The maximum atomic E-state index is 6.08. The summed E-state index contributed by atoms with van der Waals surface area (Å²) in [4.78, 5) is 2.33. The molecule has 1 atom stereocenters. The van der Waals surface area contributed by atoms with Gasteiger partial charge < -0.3 is 9.47 Å². The van der Waals surface area contributed by atoms with Crippen LogP contribution in [-0.2, 0) is 6.42 Å². The predicted octanol–water partition coefficient (Wildman–Crippen LogP) is 5.05. The Morgan fingerprint density at radius 3 is 2.66 bits per heavy atom. The molecule has 156 valence electrons. The van der Waals surface area contributed by atoms with Gasteiger partial charge in [0.2, 0.25) is 0 Å². The maximum Gasteiger partial charge on any atom is 0.131 e. The fourth-order valence-electron chi connectivity index (χ4n) is 3.62. The molecule has 1 aliphatic heterocycles. The Bertz CT molecular complexity index is 830. The number of nitrogens with zero attached hydrogens (tertiary/aromatic N) is 1. The fraction of sp³-hybridized carbons (Fsp3) is 0.440. The van der Waals surface area contributed by atoms with Crippen molar-refractivity contribution in [2.24, 2.45) is 0 Å². The van der Waals surface area contributed by atoms with Crippen molar-refractivity contribution in [2.45, 2.75) is 45.3 Å². The normalized spacial score (nSPS) is 15.7. The molecule has 3 rings (SSSR count). The number of hydrogen-bond donors (Lipinski definition) is 1. The van der Waals surface area contributed by atoms with Crippen LogP contribution in [0.4, 0.5) is 0 Å². The average Bonchev–Trinajstić information content (AvgIpc) is 2.71. The SMILES string of the molecule is COc1cc2c(cc1C(C)NCN(C)CCCc1ccccc1)C=CC(C)(C)O2. The van der Waals surface area contributed by atoms with Crippen molar-refractivity contribution in [1.82, 2.24) is 10.2 Å². The summed E-state index contributed by atoms with van der Waals surface area (Å²) in [7, 11) is 3.88. The first kappa shape index (κ1) is 21.4. The third kappa shape index (κ3) is 5.84. The van der Waals surface area contributed by atoms with E-state index in [9.17, 15) is 0 Å². The molecule has 0 bridgehead atoms. The van der Waals surface area contributed by atoms with E-state index >= 15 is 0 Å². The van der Waals surface area contributed by atoms with E-state index in [2.05, 4.69) is 86.6 Å². The largest absolute Gasteiger partial charge is 0.496 e. The quantitative estimate of drug-likeness (QED) is 0.603. The van der Waals surface area contributed by atoms with Crippen molar-refractivity contribution < 1.29 is 9.47 Å². The molecule has 1 unspecified atom stereocenters.